The fourth-order valence-corrected chi connectivity index (χ4v) is 10.8. The van der Waals surface area contributed by atoms with Crippen LogP contribution in [0.25, 0.3) is 0 Å². The summed E-state index contributed by atoms with van der Waals surface area (Å²) in [5, 5.41) is 0. The van der Waals surface area contributed by atoms with Crippen molar-refractivity contribution in [3.8, 4) is 0 Å². The van der Waals surface area contributed by atoms with E-state index in [1.165, 1.54) is 302 Å². The summed E-state index contributed by atoms with van der Waals surface area (Å²) in [5.74, 6) is -0.833. The van der Waals surface area contributed by atoms with Crippen molar-refractivity contribution < 1.29 is 28.6 Å². The van der Waals surface area contributed by atoms with E-state index in [1.54, 1.807) is 0 Å². The number of hydrogen-bond acceptors (Lipinski definition) is 6. The summed E-state index contributed by atoms with van der Waals surface area (Å²) in [6.45, 7) is 6.70. The first kappa shape index (κ1) is 74.2. The Bertz CT molecular complexity index is 1180. The van der Waals surface area contributed by atoms with Gasteiger partial charge in [0, 0.05) is 19.3 Å². The lowest BCUT2D eigenvalue weighted by atomic mass is 10.0. The van der Waals surface area contributed by atoms with Crippen LogP contribution in [-0.2, 0) is 28.6 Å². The number of carbonyl (C=O) groups is 3. The second-order valence-corrected chi connectivity index (χ2v) is 23.8. The zero-order chi connectivity index (χ0) is 55.0. The van der Waals surface area contributed by atoms with Gasteiger partial charge in [0.25, 0.3) is 0 Å². The average molecular weight is 1070 g/mol. The molecule has 0 saturated carbocycles. The van der Waals surface area contributed by atoms with Crippen LogP contribution in [-0.4, -0.2) is 37.2 Å². The van der Waals surface area contributed by atoms with Crippen molar-refractivity contribution >= 4 is 17.9 Å². The Hall–Kier alpha value is -1.85. The molecule has 0 aliphatic carbocycles. The molecular weight excluding hydrogens is 937 g/mol. The molecule has 0 aliphatic rings. The predicted molar refractivity (Wildman–Crippen MR) is 330 cm³/mol. The SMILES string of the molecule is CCCCCCCCCC/C=C\CCCCCCCCCCCCCCCCCCCCCCCC(=O)OCC(COC(=O)CCCCCCCCCCCC)OC(=O)CCCCCCCCCCCCCCCCC. The molecule has 0 aromatic heterocycles. The van der Waals surface area contributed by atoms with Crippen molar-refractivity contribution in [2.24, 2.45) is 0 Å². The summed E-state index contributed by atoms with van der Waals surface area (Å²) < 4.78 is 16.9. The lowest BCUT2D eigenvalue weighted by Gasteiger charge is -2.18. The van der Waals surface area contributed by atoms with Crippen LogP contribution in [0, 0.1) is 0 Å². The van der Waals surface area contributed by atoms with Crippen LogP contribution >= 0.6 is 0 Å². The molecule has 450 valence electrons. The molecule has 6 heteroatoms. The molecule has 76 heavy (non-hydrogen) atoms. The second-order valence-electron chi connectivity index (χ2n) is 23.8. The summed E-state index contributed by atoms with van der Waals surface area (Å²) >= 11 is 0. The van der Waals surface area contributed by atoms with Crippen molar-refractivity contribution in [3.63, 3.8) is 0 Å². The Labute approximate surface area is 475 Å². The molecule has 6 nitrogen and oxygen atoms in total. The Morgan fingerprint density at radius 2 is 0.434 bits per heavy atom. The Balaban J connectivity index is 3.99. The predicted octanol–water partition coefficient (Wildman–Crippen LogP) is 23.6. The van der Waals surface area contributed by atoms with E-state index < -0.39 is 6.10 Å². The third-order valence-electron chi connectivity index (χ3n) is 16.0. The summed E-state index contributed by atoms with van der Waals surface area (Å²) in [6.07, 6.45) is 78.3. The van der Waals surface area contributed by atoms with Gasteiger partial charge in [-0.05, 0) is 44.9 Å². The van der Waals surface area contributed by atoms with Gasteiger partial charge in [0.1, 0.15) is 13.2 Å². The van der Waals surface area contributed by atoms with E-state index in [0.29, 0.717) is 19.3 Å². The molecule has 0 saturated heterocycles. The van der Waals surface area contributed by atoms with Crippen LogP contribution in [0.3, 0.4) is 0 Å². The smallest absolute Gasteiger partial charge is 0.306 e. The Kier molecular flexibility index (Phi) is 64.1. The molecular formula is C70H134O6. The highest BCUT2D eigenvalue weighted by Gasteiger charge is 2.19. The summed E-state index contributed by atoms with van der Waals surface area (Å²) in [7, 11) is 0. The molecule has 0 aromatic rings. The maximum Gasteiger partial charge on any atom is 0.306 e. The van der Waals surface area contributed by atoms with Gasteiger partial charge in [-0.15, -0.1) is 0 Å². The number of rotatable bonds is 65. The largest absolute Gasteiger partial charge is 0.462 e. The normalized spacial score (nSPS) is 12.0. The highest BCUT2D eigenvalue weighted by Crippen LogP contribution is 2.19. The van der Waals surface area contributed by atoms with Crippen LogP contribution < -0.4 is 0 Å². The Morgan fingerprint density at radius 1 is 0.250 bits per heavy atom. The third kappa shape index (κ3) is 63.0. The molecule has 0 heterocycles. The van der Waals surface area contributed by atoms with Gasteiger partial charge in [0.05, 0.1) is 0 Å². The summed E-state index contributed by atoms with van der Waals surface area (Å²) in [4.78, 5) is 38.2. The fraction of sp³-hybridized carbons (Fsp3) is 0.929. The van der Waals surface area contributed by atoms with Crippen molar-refractivity contribution in [3.05, 3.63) is 12.2 Å². The molecule has 1 atom stereocenters. The van der Waals surface area contributed by atoms with E-state index in [4.69, 9.17) is 14.2 Å². The molecule has 0 fully saturated rings. The van der Waals surface area contributed by atoms with Crippen molar-refractivity contribution in [2.75, 3.05) is 13.2 Å². The van der Waals surface area contributed by atoms with E-state index in [-0.39, 0.29) is 31.1 Å². The van der Waals surface area contributed by atoms with Crippen molar-refractivity contribution in [2.45, 2.75) is 406 Å². The minimum absolute atomic E-state index is 0.0622. The maximum absolute atomic E-state index is 12.9. The number of hydrogen-bond donors (Lipinski definition) is 0. The Morgan fingerprint density at radius 3 is 0.658 bits per heavy atom. The van der Waals surface area contributed by atoms with Crippen molar-refractivity contribution in [1.29, 1.82) is 0 Å². The first-order valence-electron chi connectivity index (χ1n) is 34.7. The molecule has 0 aliphatic heterocycles. The number of ether oxygens (including phenoxy) is 3. The van der Waals surface area contributed by atoms with E-state index in [9.17, 15) is 14.4 Å². The minimum atomic E-state index is -0.763. The van der Waals surface area contributed by atoms with E-state index >= 15 is 0 Å². The van der Waals surface area contributed by atoms with Gasteiger partial charge in [-0.3, -0.25) is 14.4 Å². The second kappa shape index (κ2) is 65.7. The number of unbranched alkanes of at least 4 members (excludes halogenated alkanes) is 52. The van der Waals surface area contributed by atoms with Gasteiger partial charge in [-0.1, -0.05) is 348 Å². The lowest BCUT2D eigenvalue weighted by molar-refractivity contribution is -0.167. The zero-order valence-electron chi connectivity index (χ0n) is 51.8. The number of allylic oxidation sites excluding steroid dienone is 2. The molecule has 0 N–H and O–H groups in total. The fourth-order valence-electron chi connectivity index (χ4n) is 10.8. The standard InChI is InChI=1S/C70H134O6/c1-4-7-10-13-16-19-22-24-26-27-28-29-30-31-32-33-34-35-36-37-38-39-40-41-42-43-45-46-48-51-54-57-60-63-69(72)75-66-67(65-74-68(71)62-59-56-53-50-21-18-15-12-9-6-3)76-70(73)64-61-58-55-52-49-47-44-25-23-20-17-14-11-8-5-2/h27-28,67H,4-26,29-66H2,1-3H3/b28-27-. The lowest BCUT2D eigenvalue weighted by Crippen LogP contribution is -2.30. The minimum Gasteiger partial charge on any atom is -0.462 e. The first-order valence-corrected chi connectivity index (χ1v) is 34.7. The summed E-state index contributed by atoms with van der Waals surface area (Å²) in [6, 6.07) is 0. The molecule has 0 aromatic carbocycles. The van der Waals surface area contributed by atoms with E-state index in [2.05, 4.69) is 32.9 Å². The average Bonchev–Trinajstić information content (AvgIpc) is 3.42. The monoisotopic (exact) mass is 1070 g/mol. The van der Waals surface area contributed by atoms with Crippen LogP contribution in [0.4, 0.5) is 0 Å². The summed E-state index contributed by atoms with van der Waals surface area (Å²) in [5.41, 5.74) is 0. The van der Waals surface area contributed by atoms with Crippen LogP contribution in [0.5, 0.6) is 0 Å². The molecule has 0 amide bonds. The van der Waals surface area contributed by atoms with Gasteiger partial charge in [-0.2, -0.15) is 0 Å². The number of esters is 3. The van der Waals surface area contributed by atoms with Gasteiger partial charge in [0.15, 0.2) is 6.10 Å². The molecule has 0 bridgehead atoms. The van der Waals surface area contributed by atoms with Crippen molar-refractivity contribution in [1.82, 2.24) is 0 Å². The molecule has 0 radical (unpaired) electrons. The van der Waals surface area contributed by atoms with Gasteiger partial charge < -0.3 is 14.2 Å². The van der Waals surface area contributed by atoms with Crippen LogP contribution in [0.15, 0.2) is 12.2 Å². The van der Waals surface area contributed by atoms with Crippen LogP contribution in [0.1, 0.15) is 400 Å². The maximum atomic E-state index is 12.9. The highest BCUT2D eigenvalue weighted by molar-refractivity contribution is 5.71. The first-order chi connectivity index (χ1) is 37.5. The zero-order valence-corrected chi connectivity index (χ0v) is 51.8. The van der Waals surface area contributed by atoms with Gasteiger partial charge >= 0.3 is 17.9 Å². The quantitative estimate of drug-likeness (QED) is 0.0261. The molecule has 0 rings (SSSR count). The van der Waals surface area contributed by atoms with Crippen LogP contribution in [0.2, 0.25) is 0 Å². The number of carbonyl (C=O) groups excluding carboxylic acids is 3. The van der Waals surface area contributed by atoms with Gasteiger partial charge in [-0.25, -0.2) is 0 Å². The van der Waals surface area contributed by atoms with Gasteiger partial charge in [0.2, 0.25) is 0 Å². The topological polar surface area (TPSA) is 78.9 Å². The molecule has 0 spiro atoms. The third-order valence-corrected chi connectivity index (χ3v) is 16.0. The molecule has 1 unspecified atom stereocenters. The highest BCUT2D eigenvalue weighted by atomic mass is 16.6. The van der Waals surface area contributed by atoms with E-state index in [0.717, 1.165) is 57.8 Å². The van der Waals surface area contributed by atoms with E-state index in [1.807, 2.05) is 0 Å².